The van der Waals surface area contributed by atoms with Crippen LogP contribution in [0, 0.1) is 11.2 Å². The first kappa shape index (κ1) is 19.3. The van der Waals surface area contributed by atoms with Gasteiger partial charge >= 0.3 is 0 Å². The van der Waals surface area contributed by atoms with Gasteiger partial charge in [0.15, 0.2) is 0 Å². The van der Waals surface area contributed by atoms with Crippen LogP contribution in [0.1, 0.15) is 44.1 Å². The van der Waals surface area contributed by atoms with Crippen LogP contribution in [0.2, 0.25) is 0 Å². The molecule has 1 amide bonds. The molecule has 144 valence electrons. The second-order valence-corrected chi connectivity index (χ2v) is 7.25. The van der Waals surface area contributed by atoms with Gasteiger partial charge in [0.05, 0.1) is 0 Å². The lowest BCUT2D eigenvalue weighted by atomic mass is 9.71. The number of carbonyl (C=O) groups excluding carboxylic acids is 1. The lowest BCUT2D eigenvalue weighted by Gasteiger charge is -2.35. The van der Waals surface area contributed by atoms with Gasteiger partial charge < -0.3 is 15.8 Å². The summed E-state index contributed by atoms with van der Waals surface area (Å²) in [6.45, 7) is 0.846. The molecular formula is C21H26FN3O2. The Morgan fingerprint density at radius 2 is 2.04 bits per heavy atom. The maximum Gasteiger partial charge on any atom is 0.224 e. The van der Waals surface area contributed by atoms with Crippen molar-refractivity contribution in [3.05, 3.63) is 54.0 Å². The Morgan fingerprint density at radius 1 is 1.22 bits per heavy atom. The summed E-state index contributed by atoms with van der Waals surface area (Å²) < 4.78 is 19.0. The van der Waals surface area contributed by atoms with E-state index in [1.165, 1.54) is 18.6 Å². The number of hydrogen-bond acceptors (Lipinski definition) is 4. The molecular weight excluding hydrogens is 345 g/mol. The third kappa shape index (κ3) is 5.26. The highest BCUT2D eigenvalue weighted by molar-refractivity contribution is 5.76. The Morgan fingerprint density at radius 3 is 2.78 bits per heavy atom. The van der Waals surface area contributed by atoms with Crippen molar-refractivity contribution >= 4 is 5.91 Å². The molecule has 1 aromatic carbocycles. The predicted octanol–water partition coefficient (Wildman–Crippen LogP) is 3.93. The summed E-state index contributed by atoms with van der Waals surface area (Å²) in [5, 5.41) is 2.95. The average molecular weight is 371 g/mol. The fraction of sp³-hybridized carbons (Fsp3) is 0.429. The number of pyridine rings is 1. The highest BCUT2D eigenvalue weighted by atomic mass is 19.1. The van der Waals surface area contributed by atoms with E-state index in [0.717, 1.165) is 31.2 Å². The van der Waals surface area contributed by atoms with E-state index in [1.54, 1.807) is 24.4 Å². The summed E-state index contributed by atoms with van der Waals surface area (Å²) in [4.78, 5) is 16.7. The van der Waals surface area contributed by atoms with Crippen LogP contribution in [0.15, 0.2) is 42.6 Å². The molecule has 0 bridgehead atoms. The summed E-state index contributed by atoms with van der Waals surface area (Å²) >= 11 is 0. The summed E-state index contributed by atoms with van der Waals surface area (Å²) in [7, 11) is 0. The standard InChI is InChI=1S/C21H26FN3O2/c22-17-7-4-8-18(12-17)27-20-16(6-5-11-24-20)14-25-19(26)13-21(15-23)9-2-1-3-10-21/h4-8,11-12H,1-3,9-10,13-15,23H2,(H,25,26). The molecule has 27 heavy (non-hydrogen) atoms. The number of rotatable bonds is 7. The molecule has 1 heterocycles. The van der Waals surface area contributed by atoms with E-state index in [-0.39, 0.29) is 17.1 Å². The number of nitrogens with zero attached hydrogens (tertiary/aromatic N) is 1. The minimum absolute atomic E-state index is 0.0112. The molecule has 0 aliphatic heterocycles. The fourth-order valence-electron chi connectivity index (χ4n) is 3.64. The van der Waals surface area contributed by atoms with Gasteiger partial charge in [0.25, 0.3) is 0 Å². The van der Waals surface area contributed by atoms with Gasteiger partial charge in [-0.1, -0.05) is 31.4 Å². The van der Waals surface area contributed by atoms with E-state index < -0.39 is 0 Å². The number of halogens is 1. The van der Waals surface area contributed by atoms with Crippen molar-refractivity contribution in [3.8, 4) is 11.6 Å². The van der Waals surface area contributed by atoms with Crippen LogP contribution in [0.25, 0.3) is 0 Å². The topological polar surface area (TPSA) is 77.2 Å². The molecule has 1 fully saturated rings. The van der Waals surface area contributed by atoms with Gasteiger partial charge in [-0.25, -0.2) is 9.37 Å². The van der Waals surface area contributed by atoms with Crippen molar-refractivity contribution in [1.82, 2.24) is 10.3 Å². The molecule has 0 saturated heterocycles. The van der Waals surface area contributed by atoms with Crippen molar-refractivity contribution in [2.45, 2.75) is 45.1 Å². The zero-order valence-corrected chi connectivity index (χ0v) is 15.4. The number of hydrogen-bond donors (Lipinski definition) is 2. The van der Waals surface area contributed by atoms with Crippen LogP contribution < -0.4 is 15.8 Å². The van der Waals surface area contributed by atoms with E-state index in [4.69, 9.17) is 10.5 Å². The molecule has 0 atom stereocenters. The van der Waals surface area contributed by atoms with Gasteiger partial charge in [-0.05, 0) is 43.0 Å². The third-order valence-corrected chi connectivity index (χ3v) is 5.22. The minimum atomic E-state index is -0.377. The summed E-state index contributed by atoms with van der Waals surface area (Å²) in [6, 6.07) is 9.50. The number of nitrogens with one attached hydrogen (secondary N) is 1. The number of nitrogens with two attached hydrogens (primary N) is 1. The van der Waals surface area contributed by atoms with E-state index in [0.29, 0.717) is 31.1 Å². The van der Waals surface area contributed by atoms with Crippen molar-refractivity contribution in [2.75, 3.05) is 6.54 Å². The largest absolute Gasteiger partial charge is 0.439 e. The lowest BCUT2D eigenvalue weighted by molar-refractivity contribution is -0.124. The zero-order chi connectivity index (χ0) is 19.1. The van der Waals surface area contributed by atoms with Gasteiger partial charge in [-0.2, -0.15) is 0 Å². The van der Waals surface area contributed by atoms with Crippen LogP contribution in [0.3, 0.4) is 0 Å². The van der Waals surface area contributed by atoms with Crippen LogP contribution in [-0.2, 0) is 11.3 Å². The molecule has 2 aromatic rings. The Balaban J connectivity index is 1.61. The number of aromatic nitrogens is 1. The Labute approximate surface area is 159 Å². The van der Waals surface area contributed by atoms with Crippen LogP contribution in [0.4, 0.5) is 4.39 Å². The molecule has 3 rings (SSSR count). The third-order valence-electron chi connectivity index (χ3n) is 5.22. The van der Waals surface area contributed by atoms with Crippen molar-refractivity contribution in [1.29, 1.82) is 0 Å². The van der Waals surface area contributed by atoms with Crippen LogP contribution in [0.5, 0.6) is 11.6 Å². The highest BCUT2D eigenvalue weighted by Gasteiger charge is 2.32. The first-order valence-electron chi connectivity index (χ1n) is 9.44. The molecule has 0 radical (unpaired) electrons. The van der Waals surface area contributed by atoms with Gasteiger partial charge in [0.1, 0.15) is 11.6 Å². The zero-order valence-electron chi connectivity index (χ0n) is 15.4. The summed E-state index contributed by atoms with van der Waals surface area (Å²) in [5.41, 5.74) is 6.64. The maximum absolute atomic E-state index is 13.3. The van der Waals surface area contributed by atoms with Crippen LogP contribution >= 0.6 is 0 Å². The van der Waals surface area contributed by atoms with Crippen molar-refractivity contribution in [3.63, 3.8) is 0 Å². The first-order chi connectivity index (χ1) is 13.1. The monoisotopic (exact) mass is 371 g/mol. The molecule has 5 nitrogen and oxygen atoms in total. The minimum Gasteiger partial charge on any atom is -0.439 e. The summed E-state index contributed by atoms with van der Waals surface area (Å²) in [6.07, 6.45) is 7.57. The van der Waals surface area contributed by atoms with Gasteiger partial charge in [0.2, 0.25) is 11.8 Å². The second kappa shape index (κ2) is 8.95. The smallest absolute Gasteiger partial charge is 0.224 e. The molecule has 1 aliphatic rings. The number of ether oxygens (including phenoxy) is 1. The first-order valence-corrected chi connectivity index (χ1v) is 9.44. The predicted molar refractivity (Wildman–Crippen MR) is 102 cm³/mol. The van der Waals surface area contributed by atoms with Crippen molar-refractivity contribution < 1.29 is 13.9 Å². The number of benzene rings is 1. The van der Waals surface area contributed by atoms with E-state index in [2.05, 4.69) is 10.3 Å². The number of carbonyl (C=O) groups is 1. The molecule has 6 heteroatoms. The quantitative estimate of drug-likeness (QED) is 0.773. The molecule has 0 unspecified atom stereocenters. The normalized spacial score (nSPS) is 15.9. The Hall–Kier alpha value is -2.47. The Bertz CT molecular complexity index is 776. The van der Waals surface area contributed by atoms with Gasteiger partial charge in [0, 0.05) is 30.8 Å². The Kier molecular flexibility index (Phi) is 6.40. The molecule has 1 aromatic heterocycles. The summed E-state index contributed by atoms with van der Waals surface area (Å²) in [5.74, 6) is 0.334. The van der Waals surface area contributed by atoms with E-state index >= 15 is 0 Å². The average Bonchev–Trinajstić information content (AvgIpc) is 2.68. The molecule has 3 N–H and O–H groups in total. The van der Waals surface area contributed by atoms with Gasteiger partial charge in [-0.3, -0.25) is 4.79 Å². The van der Waals surface area contributed by atoms with Crippen LogP contribution in [-0.4, -0.2) is 17.4 Å². The second-order valence-electron chi connectivity index (χ2n) is 7.25. The molecule has 1 saturated carbocycles. The molecule has 0 spiro atoms. The van der Waals surface area contributed by atoms with E-state index in [9.17, 15) is 9.18 Å². The SMILES string of the molecule is NCC1(CC(=O)NCc2cccnc2Oc2cccc(F)c2)CCCCC1. The number of amides is 1. The maximum atomic E-state index is 13.3. The van der Waals surface area contributed by atoms with E-state index in [1.807, 2.05) is 6.07 Å². The highest BCUT2D eigenvalue weighted by Crippen LogP contribution is 2.38. The molecule has 1 aliphatic carbocycles. The van der Waals surface area contributed by atoms with Crippen molar-refractivity contribution in [2.24, 2.45) is 11.1 Å². The lowest BCUT2D eigenvalue weighted by Crippen LogP contribution is -2.38. The fourth-order valence-corrected chi connectivity index (χ4v) is 3.64. The van der Waals surface area contributed by atoms with Gasteiger partial charge in [-0.15, -0.1) is 0 Å².